The van der Waals surface area contributed by atoms with Gasteiger partial charge in [-0.05, 0) is 55.8 Å². The Morgan fingerprint density at radius 1 is 1.11 bits per heavy atom. The van der Waals surface area contributed by atoms with E-state index in [1.807, 2.05) is 48.5 Å². The molecule has 2 aromatic carbocycles. The van der Waals surface area contributed by atoms with Crippen molar-refractivity contribution in [3.63, 3.8) is 0 Å². The summed E-state index contributed by atoms with van der Waals surface area (Å²) in [5.41, 5.74) is 2.89. The molecular formula is C22H26ClN3O2. The minimum absolute atomic E-state index is 0.00646. The quantitative estimate of drug-likeness (QED) is 0.760. The number of amides is 2. The standard InChI is InChI=1S/C22H26ClN3O2/c1-3-25(4-2)20-11-9-19(10-12-20)24-22(28)17-13-21(27)26(15-17)14-16-5-7-18(23)8-6-16/h5-12,17H,3-4,13-15H2,1-2H3,(H,24,28). The van der Waals surface area contributed by atoms with Gasteiger partial charge in [0.2, 0.25) is 11.8 Å². The molecule has 1 N–H and O–H groups in total. The van der Waals surface area contributed by atoms with Gasteiger partial charge in [0.15, 0.2) is 0 Å². The van der Waals surface area contributed by atoms with Gasteiger partial charge in [0.1, 0.15) is 0 Å². The predicted molar refractivity (Wildman–Crippen MR) is 114 cm³/mol. The van der Waals surface area contributed by atoms with Crippen LogP contribution in [0.4, 0.5) is 11.4 Å². The van der Waals surface area contributed by atoms with Crippen LogP contribution in [0.5, 0.6) is 0 Å². The Morgan fingerprint density at radius 2 is 1.75 bits per heavy atom. The Bertz CT molecular complexity index is 817. The van der Waals surface area contributed by atoms with E-state index in [2.05, 4.69) is 24.1 Å². The second kappa shape index (κ2) is 9.11. The third-order valence-electron chi connectivity index (χ3n) is 5.14. The van der Waals surface area contributed by atoms with Crippen LogP contribution in [0.2, 0.25) is 5.02 Å². The molecule has 2 aromatic rings. The average molecular weight is 400 g/mol. The number of hydrogen-bond acceptors (Lipinski definition) is 3. The van der Waals surface area contributed by atoms with Gasteiger partial charge in [0.25, 0.3) is 0 Å². The van der Waals surface area contributed by atoms with E-state index in [0.29, 0.717) is 18.1 Å². The van der Waals surface area contributed by atoms with Gasteiger partial charge < -0.3 is 15.1 Å². The number of benzene rings is 2. The van der Waals surface area contributed by atoms with Crippen molar-refractivity contribution in [3.8, 4) is 0 Å². The van der Waals surface area contributed by atoms with Crippen LogP contribution in [-0.2, 0) is 16.1 Å². The summed E-state index contributed by atoms with van der Waals surface area (Å²) in [6.07, 6.45) is 0.247. The molecule has 148 valence electrons. The Kier molecular flexibility index (Phi) is 6.57. The number of hydrogen-bond donors (Lipinski definition) is 1. The maximum absolute atomic E-state index is 12.6. The number of nitrogens with zero attached hydrogens (tertiary/aromatic N) is 2. The van der Waals surface area contributed by atoms with Gasteiger partial charge >= 0.3 is 0 Å². The van der Waals surface area contributed by atoms with Crippen molar-refractivity contribution < 1.29 is 9.59 Å². The maximum atomic E-state index is 12.6. The molecule has 1 fully saturated rings. The first kappa shape index (κ1) is 20.2. The van der Waals surface area contributed by atoms with E-state index < -0.39 is 0 Å². The highest BCUT2D eigenvalue weighted by atomic mass is 35.5. The lowest BCUT2D eigenvalue weighted by Crippen LogP contribution is -2.28. The van der Waals surface area contributed by atoms with Crippen molar-refractivity contribution in [3.05, 3.63) is 59.1 Å². The zero-order chi connectivity index (χ0) is 20.1. The fourth-order valence-corrected chi connectivity index (χ4v) is 3.63. The summed E-state index contributed by atoms with van der Waals surface area (Å²) in [5.74, 6) is -0.434. The van der Waals surface area contributed by atoms with Gasteiger partial charge in [-0.15, -0.1) is 0 Å². The summed E-state index contributed by atoms with van der Waals surface area (Å²) in [4.78, 5) is 28.9. The molecule has 0 bridgehead atoms. The molecule has 0 radical (unpaired) electrons. The topological polar surface area (TPSA) is 52.7 Å². The number of carbonyl (C=O) groups excluding carboxylic acids is 2. The van der Waals surface area contributed by atoms with E-state index in [9.17, 15) is 9.59 Å². The van der Waals surface area contributed by atoms with E-state index in [-0.39, 0.29) is 24.2 Å². The first-order chi connectivity index (χ1) is 13.5. The Balaban J connectivity index is 1.57. The van der Waals surface area contributed by atoms with Crippen molar-refractivity contribution in [1.82, 2.24) is 4.90 Å². The van der Waals surface area contributed by atoms with Gasteiger partial charge in [-0.2, -0.15) is 0 Å². The van der Waals surface area contributed by atoms with Crippen LogP contribution in [0.3, 0.4) is 0 Å². The number of halogens is 1. The number of likely N-dealkylation sites (tertiary alicyclic amines) is 1. The van der Waals surface area contributed by atoms with Crippen LogP contribution in [0.25, 0.3) is 0 Å². The number of carbonyl (C=O) groups is 2. The molecule has 0 aromatic heterocycles. The van der Waals surface area contributed by atoms with Crippen molar-refractivity contribution in [2.75, 3.05) is 29.9 Å². The molecule has 2 amide bonds. The summed E-state index contributed by atoms with van der Waals surface area (Å²) in [5, 5.41) is 3.61. The molecule has 0 aliphatic carbocycles. The fraction of sp³-hybridized carbons (Fsp3) is 0.364. The van der Waals surface area contributed by atoms with Gasteiger partial charge in [-0.3, -0.25) is 9.59 Å². The molecule has 3 rings (SSSR count). The third kappa shape index (κ3) is 4.84. The van der Waals surface area contributed by atoms with Gasteiger partial charge in [-0.1, -0.05) is 23.7 Å². The van der Waals surface area contributed by atoms with E-state index in [4.69, 9.17) is 11.6 Å². The SMILES string of the molecule is CCN(CC)c1ccc(NC(=O)C2CC(=O)N(Cc3ccc(Cl)cc3)C2)cc1. The monoisotopic (exact) mass is 399 g/mol. The summed E-state index contributed by atoms with van der Waals surface area (Å²) in [6, 6.07) is 15.3. The molecule has 28 heavy (non-hydrogen) atoms. The number of anilines is 2. The smallest absolute Gasteiger partial charge is 0.229 e. The first-order valence-electron chi connectivity index (χ1n) is 9.68. The summed E-state index contributed by atoms with van der Waals surface area (Å²) >= 11 is 5.91. The molecule has 0 spiro atoms. The molecule has 1 saturated heterocycles. The van der Waals surface area contributed by atoms with Gasteiger partial charge in [0, 0.05) is 49.0 Å². The Labute approximate surface area is 171 Å². The van der Waals surface area contributed by atoms with E-state index in [1.54, 1.807) is 4.90 Å². The second-order valence-electron chi connectivity index (χ2n) is 7.01. The maximum Gasteiger partial charge on any atom is 0.229 e. The van der Waals surface area contributed by atoms with Crippen molar-refractivity contribution in [2.24, 2.45) is 5.92 Å². The molecule has 1 unspecified atom stereocenters. The highest BCUT2D eigenvalue weighted by Gasteiger charge is 2.34. The van der Waals surface area contributed by atoms with E-state index >= 15 is 0 Å². The third-order valence-corrected chi connectivity index (χ3v) is 5.39. The molecule has 1 aliphatic rings. The van der Waals surface area contributed by atoms with E-state index in [0.717, 1.165) is 30.0 Å². The first-order valence-corrected chi connectivity index (χ1v) is 10.1. The van der Waals surface area contributed by atoms with Crippen LogP contribution in [-0.4, -0.2) is 36.3 Å². The van der Waals surface area contributed by atoms with Crippen LogP contribution < -0.4 is 10.2 Å². The van der Waals surface area contributed by atoms with Crippen LogP contribution >= 0.6 is 11.6 Å². The highest BCUT2D eigenvalue weighted by molar-refractivity contribution is 6.30. The van der Waals surface area contributed by atoms with Crippen molar-refractivity contribution in [2.45, 2.75) is 26.8 Å². The molecule has 0 saturated carbocycles. The van der Waals surface area contributed by atoms with Gasteiger partial charge in [0.05, 0.1) is 5.92 Å². The molecule has 1 heterocycles. The number of nitrogens with one attached hydrogen (secondary N) is 1. The zero-order valence-electron chi connectivity index (χ0n) is 16.3. The van der Waals surface area contributed by atoms with Crippen molar-refractivity contribution >= 4 is 34.8 Å². The van der Waals surface area contributed by atoms with E-state index in [1.165, 1.54) is 0 Å². The Morgan fingerprint density at radius 3 is 2.36 bits per heavy atom. The summed E-state index contributed by atoms with van der Waals surface area (Å²) in [6.45, 7) is 7.05. The molecule has 5 nitrogen and oxygen atoms in total. The predicted octanol–water partition coefficient (Wildman–Crippen LogP) is 4.17. The minimum Gasteiger partial charge on any atom is -0.372 e. The Hall–Kier alpha value is -2.53. The van der Waals surface area contributed by atoms with Crippen LogP contribution in [0.1, 0.15) is 25.8 Å². The molecular weight excluding hydrogens is 374 g/mol. The minimum atomic E-state index is -0.331. The van der Waals surface area contributed by atoms with Crippen molar-refractivity contribution in [1.29, 1.82) is 0 Å². The summed E-state index contributed by atoms with van der Waals surface area (Å²) < 4.78 is 0. The lowest BCUT2D eigenvalue weighted by molar-refractivity contribution is -0.128. The zero-order valence-corrected chi connectivity index (χ0v) is 17.1. The molecule has 1 atom stereocenters. The highest BCUT2D eigenvalue weighted by Crippen LogP contribution is 2.23. The molecule has 6 heteroatoms. The largest absolute Gasteiger partial charge is 0.372 e. The molecule has 1 aliphatic heterocycles. The average Bonchev–Trinajstić information content (AvgIpc) is 3.06. The lowest BCUT2D eigenvalue weighted by atomic mass is 10.1. The lowest BCUT2D eigenvalue weighted by Gasteiger charge is -2.21. The van der Waals surface area contributed by atoms with Crippen LogP contribution in [0, 0.1) is 5.92 Å². The number of rotatable bonds is 7. The van der Waals surface area contributed by atoms with Crippen LogP contribution in [0.15, 0.2) is 48.5 Å². The van der Waals surface area contributed by atoms with Gasteiger partial charge in [-0.25, -0.2) is 0 Å². The summed E-state index contributed by atoms with van der Waals surface area (Å²) in [7, 11) is 0. The second-order valence-corrected chi connectivity index (χ2v) is 7.45. The fourth-order valence-electron chi connectivity index (χ4n) is 3.50. The normalized spacial score (nSPS) is 16.3.